The summed E-state index contributed by atoms with van der Waals surface area (Å²) < 4.78 is 0. The van der Waals surface area contributed by atoms with E-state index in [0.29, 0.717) is 4.91 Å². The van der Waals surface area contributed by atoms with Crippen LogP contribution in [0, 0.1) is 0 Å². The molecule has 0 aromatic carbocycles. The predicted octanol–water partition coefficient (Wildman–Crippen LogP) is 2.53. The van der Waals surface area contributed by atoms with Gasteiger partial charge in [0.1, 0.15) is 0 Å². The van der Waals surface area contributed by atoms with Crippen molar-refractivity contribution in [3.8, 4) is 0 Å². The molecular formula is C12H12N2O2S. The second-order valence-corrected chi connectivity index (χ2v) is 4.93. The van der Waals surface area contributed by atoms with Gasteiger partial charge in [0.05, 0.1) is 4.91 Å². The molecule has 0 unspecified atom stereocenters. The smallest absolute Gasteiger partial charge is 0.268 e. The number of hydrogen-bond acceptors (Lipinski definition) is 4. The number of amides is 2. The fourth-order valence-corrected chi connectivity index (χ4v) is 2.50. The SMILES string of the molecule is CC(C)N1C(=O)S/C(=C\c2cccnc2)C1=O. The number of nitrogens with zero attached hydrogens (tertiary/aromatic N) is 2. The van der Waals surface area contributed by atoms with Crippen molar-refractivity contribution >= 4 is 29.0 Å². The summed E-state index contributed by atoms with van der Waals surface area (Å²) in [4.78, 5) is 29.3. The average molecular weight is 248 g/mol. The van der Waals surface area contributed by atoms with Gasteiger partial charge < -0.3 is 0 Å². The Kier molecular flexibility index (Phi) is 3.28. The molecule has 4 nitrogen and oxygen atoms in total. The van der Waals surface area contributed by atoms with Gasteiger partial charge in [0.25, 0.3) is 11.1 Å². The molecule has 1 aliphatic rings. The van der Waals surface area contributed by atoms with Crippen molar-refractivity contribution in [2.24, 2.45) is 0 Å². The molecule has 1 saturated heterocycles. The molecule has 88 valence electrons. The molecule has 0 bridgehead atoms. The lowest BCUT2D eigenvalue weighted by Gasteiger charge is -2.16. The van der Waals surface area contributed by atoms with E-state index in [-0.39, 0.29) is 17.2 Å². The largest absolute Gasteiger partial charge is 0.293 e. The quantitative estimate of drug-likeness (QED) is 0.755. The van der Waals surface area contributed by atoms with Gasteiger partial charge in [-0.3, -0.25) is 19.5 Å². The fourth-order valence-electron chi connectivity index (χ4n) is 1.54. The van der Waals surface area contributed by atoms with E-state index in [4.69, 9.17) is 0 Å². The maximum atomic E-state index is 12.0. The van der Waals surface area contributed by atoms with Gasteiger partial charge >= 0.3 is 0 Å². The van der Waals surface area contributed by atoms with Crippen LogP contribution in [-0.2, 0) is 4.79 Å². The van der Waals surface area contributed by atoms with Crippen LogP contribution in [0.1, 0.15) is 19.4 Å². The normalized spacial score (nSPS) is 18.5. The zero-order chi connectivity index (χ0) is 12.4. The number of imide groups is 1. The van der Waals surface area contributed by atoms with Gasteiger partial charge in [-0.1, -0.05) is 6.07 Å². The van der Waals surface area contributed by atoms with Crippen molar-refractivity contribution in [2.45, 2.75) is 19.9 Å². The summed E-state index contributed by atoms with van der Waals surface area (Å²) in [5, 5.41) is -0.208. The second kappa shape index (κ2) is 4.71. The summed E-state index contributed by atoms with van der Waals surface area (Å²) in [5.41, 5.74) is 0.821. The maximum absolute atomic E-state index is 12.0. The molecule has 17 heavy (non-hydrogen) atoms. The molecule has 0 N–H and O–H groups in total. The third-order valence-corrected chi connectivity index (χ3v) is 3.21. The first-order valence-corrected chi connectivity index (χ1v) is 6.08. The van der Waals surface area contributed by atoms with Crippen molar-refractivity contribution in [2.75, 3.05) is 0 Å². The Morgan fingerprint density at radius 2 is 2.18 bits per heavy atom. The van der Waals surface area contributed by atoms with Gasteiger partial charge in [0.2, 0.25) is 0 Å². The molecule has 5 heteroatoms. The Balaban J connectivity index is 2.28. The molecule has 2 rings (SSSR count). The van der Waals surface area contributed by atoms with Crippen LogP contribution in [0.2, 0.25) is 0 Å². The monoisotopic (exact) mass is 248 g/mol. The first-order chi connectivity index (χ1) is 8.09. The summed E-state index contributed by atoms with van der Waals surface area (Å²) in [7, 11) is 0. The molecule has 0 radical (unpaired) electrons. The number of aromatic nitrogens is 1. The van der Waals surface area contributed by atoms with Crippen molar-refractivity contribution in [1.29, 1.82) is 0 Å². The molecule has 2 amide bonds. The van der Waals surface area contributed by atoms with Gasteiger partial charge in [0.15, 0.2) is 0 Å². The van der Waals surface area contributed by atoms with Crippen molar-refractivity contribution < 1.29 is 9.59 Å². The van der Waals surface area contributed by atoms with E-state index in [0.717, 1.165) is 17.3 Å². The topological polar surface area (TPSA) is 50.3 Å². The third kappa shape index (κ3) is 2.39. The van der Waals surface area contributed by atoms with Crippen molar-refractivity contribution in [3.63, 3.8) is 0 Å². The number of carbonyl (C=O) groups is 2. The second-order valence-electron chi connectivity index (χ2n) is 3.93. The molecule has 1 aliphatic heterocycles. The van der Waals surface area contributed by atoms with Crippen LogP contribution in [0.25, 0.3) is 6.08 Å². The average Bonchev–Trinajstić information content (AvgIpc) is 2.55. The fraction of sp³-hybridized carbons (Fsp3) is 0.250. The summed E-state index contributed by atoms with van der Waals surface area (Å²) in [6.07, 6.45) is 5.01. The number of hydrogen-bond donors (Lipinski definition) is 0. The van der Waals surface area contributed by atoms with Crippen LogP contribution >= 0.6 is 11.8 Å². The molecule has 0 atom stereocenters. The lowest BCUT2D eigenvalue weighted by Crippen LogP contribution is -2.34. The zero-order valence-corrected chi connectivity index (χ0v) is 10.4. The Bertz CT molecular complexity index is 483. The van der Waals surface area contributed by atoms with Crippen LogP contribution in [0.4, 0.5) is 4.79 Å². The van der Waals surface area contributed by atoms with Crippen LogP contribution in [0.5, 0.6) is 0 Å². The highest BCUT2D eigenvalue weighted by molar-refractivity contribution is 8.18. The van der Waals surface area contributed by atoms with E-state index in [1.807, 2.05) is 19.9 Å². The lowest BCUT2D eigenvalue weighted by molar-refractivity contribution is -0.123. The summed E-state index contributed by atoms with van der Waals surface area (Å²) in [6, 6.07) is 3.52. The molecule has 0 aliphatic carbocycles. The van der Waals surface area contributed by atoms with E-state index in [1.54, 1.807) is 24.5 Å². The minimum atomic E-state index is -0.223. The standard InChI is InChI=1S/C12H12N2O2S/c1-8(2)14-11(15)10(17-12(14)16)6-9-4-3-5-13-7-9/h3-8H,1-2H3/b10-6-. The van der Waals surface area contributed by atoms with Gasteiger partial charge in [-0.15, -0.1) is 0 Å². The van der Waals surface area contributed by atoms with Crippen molar-refractivity contribution in [3.05, 3.63) is 35.0 Å². The number of pyridine rings is 1. The van der Waals surface area contributed by atoms with E-state index in [9.17, 15) is 9.59 Å². The third-order valence-electron chi connectivity index (χ3n) is 2.32. The summed E-state index contributed by atoms with van der Waals surface area (Å²) >= 11 is 0.976. The van der Waals surface area contributed by atoms with Crippen LogP contribution < -0.4 is 0 Å². The zero-order valence-electron chi connectivity index (χ0n) is 9.58. The van der Waals surface area contributed by atoms with Crippen LogP contribution in [0.15, 0.2) is 29.4 Å². The molecule has 1 fully saturated rings. The van der Waals surface area contributed by atoms with E-state index < -0.39 is 0 Å². The maximum Gasteiger partial charge on any atom is 0.293 e. The van der Waals surface area contributed by atoms with Gasteiger partial charge in [-0.25, -0.2) is 0 Å². The number of rotatable bonds is 2. The predicted molar refractivity (Wildman–Crippen MR) is 67.2 cm³/mol. The number of carbonyl (C=O) groups excluding carboxylic acids is 2. The Labute approximate surface area is 104 Å². The highest BCUT2D eigenvalue weighted by Crippen LogP contribution is 2.33. The first kappa shape index (κ1) is 11.9. The molecule has 0 spiro atoms. The van der Waals surface area contributed by atoms with Crippen molar-refractivity contribution in [1.82, 2.24) is 9.88 Å². The van der Waals surface area contributed by atoms with E-state index >= 15 is 0 Å². The minimum Gasteiger partial charge on any atom is -0.268 e. The first-order valence-electron chi connectivity index (χ1n) is 5.26. The Morgan fingerprint density at radius 1 is 1.41 bits per heavy atom. The van der Waals surface area contributed by atoms with Gasteiger partial charge in [0, 0.05) is 18.4 Å². The van der Waals surface area contributed by atoms with E-state index in [1.165, 1.54) is 4.90 Å². The van der Waals surface area contributed by atoms with Crippen LogP contribution in [-0.4, -0.2) is 27.1 Å². The molecule has 1 aromatic rings. The Morgan fingerprint density at radius 3 is 2.71 bits per heavy atom. The van der Waals surface area contributed by atoms with Crippen LogP contribution in [0.3, 0.4) is 0 Å². The molecular weight excluding hydrogens is 236 g/mol. The molecule has 1 aromatic heterocycles. The molecule has 0 saturated carbocycles. The molecule has 2 heterocycles. The number of thioether (sulfide) groups is 1. The van der Waals surface area contributed by atoms with E-state index in [2.05, 4.69) is 4.98 Å². The Hall–Kier alpha value is -1.62. The highest BCUT2D eigenvalue weighted by Gasteiger charge is 2.36. The summed E-state index contributed by atoms with van der Waals surface area (Å²) in [6.45, 7) is 3.65. The van der Waals surface area contributed by atoms with Gasteiger partial charge in [-0.2, -0.15) is 0 Å². The highest BCUT2D eigenvalue weighted by atomic mass is 32.2. The van der Waals surface area contributed by atoms with Gasteiger partial charge in [-0.05, 0) is 43.3 Å². The minimum absolute atomic E-state index is 0.109. The summed E-state index contributed by atoms with van der Waals surface area (Å²) in [5.74, 6) is -0.223. The lowest BCUT2D eigenvalue weighted by atomic mass is 10.2.